The maximum absolute atomic E-state index is 10.3. The molecule has 0 saturated carbocycles. The zero-order valence-corrected chi connectivity index (χ0v) is 15.9. The second-order valence-corrected chi connectivity index (χ2v) is 7.49. The van der Waals surface area contributed by atoms with Gasteiger partial charge in [0.15, 0.2) is 0 Å². The van der Waals surface area contributed by atoms with Crippen molar-refractivity contribution < 1.29 is 9.84 Å². The molecule has 5 rings (SSSR count). The van der Waals surface area contributed by atoms with Gasteiger partial charge in [0.05, 0.1) is 11.8 Å². The molecular weight excluding hydrogens is 406 g/mol. The quantitative estimate of drug-likeness (QED) is 0.645. The molecule has 0 amide bonds. The fraction of sp³-hybridized carbons (Fsp3) is 0.143. The summed E-state index contributed by atoms with van der Waals surface area (Å²) in [5.41, 5.74) is 3.47. The zero-order chi connectivity index (χ0) is 18.4. The van der Waals surface area contributed by atoms with E-state index in [1.54, 1.807) is 12.3 Å². The number of phenolic OH excluding ortho intramolecular Hbond substituents is 1. The lowest BCUT2D eigenvalue weighted by Crippen LogP contribution is -2.34. The summed E-state index contributed by atoms with van der Waals surface area (Å²) < 4.78 is 7.27. The summed E-state index contributed by atoms with van der Waals surface area (Å²) in [4.78, 5) is 4.47. The molecule has 5 nitrogen and oxygen atoms in total. The number of benzene rings is 2. The van der Waals surface area contributed by atoms with Gasteiger partial charge in [-0.15, -0.1) is 0 Å². The first-order valence-electron chi connectivity index (χ1n) is 8.72. The van der Waals surface area contributed by atoms with Crippen LogP contribution < -0.4 is 4.74 Å². The number of rotatable bonds is 2. The lowest BCUT2D eigenvalue weighted by Gasteiger charge is -2.37. The summed E-state index contributed by atoms with van der Waals surface area (Å²) in [6, 6.07) is 19.1. The molecule has 27 heavy (non-hydrogen) atoms. The zero-order valence-electron chi connectivity index (χ0n) is 14.3. The van der Waals surface area contributed by atoms with Gasteiger partial charge in [0, 0.05) is 28.2 Å². The summed E-state index contributed by atoms with van der Waals surface area (Å²) in [7, 11) is 0. The number of nitrogens with zero attached hydrogens (tertiary/aromatic N) is 3. The largest absolute Gasteiger partial charge is 0.507 e. The molecule has 0 fully saturated rings. The van der Waals surface area contributed by atoms with Crippen LogP contribution in [-0.2, 0) is 0 Å². The van der Waals surface area contributed by atoms with Gasteiger partial charge in [-0.3, -0.25) is 4.98 Å². The van der Waals surface area contributed by atoms with Crippen molar-refractivity contribution in [2.75, 3.05) is 0 Å². The number of phenols is 1. The Morgan fingerprint density at radius 2 is 1.93 bits per heavy atom. The molecule has 0 radical (unpaired) electrons. The van der Waals surface area contributed by atoms with Crippen LogP contribution >= 0.6 is 15.9 Å². The first-order valence-corrected chi connectivity index (χ1v) is 9.51. The molecule has 1 aromatic heterocycles. The van der Waals surface area contributed by atoms with E-state index in [-0.39, 0.29) is 11.8 Å². The number of para-hydroxylation sites is 1. The Kier molecular flexibility index (Phi) is 3.86. The number of hydrogen-bond acceptors (Lipinski definition) is 5. The maximum Gasteiger partial charge on any atom is 0.230 e. The van der Waals surface area contributed by atoms with Crippen molar-refractivity contribution in [3.05, 3.63) is 88.2 Å². The molecular formula is C21H16BrN3O2. The molecule has 3 aromatic rings. The van der Waals surface area contributed by atoms with Crippen LogP contribution in [0, 0.1) is 0 Å². The molecule has 0 unspecified atom stereocenters. The minimum absolute atomic E-state index is 0.0212. The van der Waals surface area contributed by atoms with Crippen molar-refractivity contribution >= 4 is 21.6 Å². The number of aromatic nitrogens is 1. The topological polar surface area (TPSA) is 58.0 Å². The summed E-state index contributed by atoms with van der Waals surface area (Å²) >= 11 is 3.56. The highest BCUT2D eigenvalue weighted by Crippen LogP contribution is 2.48. The van der Waals surface area contributed by atoms with Crippen molar-refractivity contribution in [1.29, 1.82) is 0 Å². The predicted molar refractivity (Wildman–Crippen MR) is 106 cm³/mol. The maximum atomic E-state index is 10.3. The second-order valence-electron chi connectivity index (χ2n) is 6.57. The molecule has 2 aliphatic heterocycles. The van der Waals surface area contributed by atoms with E-state index in [1.165, 1.54) is 0 Å². The van der Waals surface area contributed by atoms with E-state index in [0.717, 1.165) is 32.8 Å². The van der Waals surface area contributed by atoms with Crippen molar-refractivity contribution in [3.8, 4) is 11.5 Å². The second kappa shape index (κ2) is 6.39. The number of hydrogen-bond donors (Lipinski definition) is 1. The lowest BCUT2D eigenvalue weighted by atomic mass is 9.96. The standard InChI is InChI=1S/C21H16BrN3O2/c22-13-8-9-20-15(11-13)18-12-17(14-5-1-2-7-19(14)26)24-25(18)21(27-20)16-6-3-4-10-23-16/h1-11,18,21,26H,12H2/t18-,21+/m1/s1. The number of halogens is 1. The van der Waals surface area contributed by atoms with E-state index in [2.05, 4.69) is 27.0 Å². The first kappa shape index (κ1) is 16.3. The number of aromatic hydroxyl groups is 1. The van der Waals surface area contributed by atoms with Crippen molar-refractivity contribution in [3.63, 3.8) is 0 Å². The summed E-state index contributed by atoms with van der Waals surface area (Å²) in [6.07, 6.45) is 2.04. The Morgan fingerprint density at radius 3 is 2.74 bits per heavy atom. The third-order valence-electron chi connectivity index (χ3n) is 4.91. The molecule has 6 heteroatoms. The molecule has 0 saturated heterocycles. The van der Waals surface area contributed by atoms with Crippen LogP contribution in [0.4, 0.5) is 0 Å². The predicted octanol–water partition coefficient (Wildman–Crippen LogP) is 4.79. The van der Waals surface area contributed by atoms with Crippen molar-refractivity contribution in [2.45, 2.75) is 18.7 Å². The summed E-state index contributed by atoms with van der Waals surface area (Å²) in [6.45, 7) is 0. The van der Waals surface area contributed by atoms with E-state index >= 15 is 0 Å². The van der Waals surface area contributed by atoms with Gasteiger partial charge in [0.1, 0.15) is 17.2 Å². The smallest absolute Gasteiger partial charge is 0.230 e. The molecule has 1 N–H and O–H groups in total. The van der Waals surface area contributed by atoms with Crippen LogP contribution in [0.2, 0.25) is 0 Å². The van der Waals surface area contributed by atoms with Gasteiger partial charge in [-0.25, -0.2) is 5.01 Å². The fourth-order valence-corrected chi connectivity index (χ4v) is 4.03. The monoisotopic (exact) mass is 421 g/mol. The van der Waals surface area contributed by atoms with Gasteiger partial charge in [-0.1, -0.05) is 34.1 Å². The number of pyridine rings is 1. The first-order chi connectivity index (χ1) is 13.2. The molecule has 3 heterocycles. The highest BCUT2D eigenvalue weighted by atomic mass is 79.9. The Hall–Kier alpha value is -2.86. The van der Waals surface area contributed by atoms with Crippen LogP contribution in [0.5, 0.6) is 11.5 Å². The highest BCUT2D eigenvalue weighted by Gasteiger charge is 2.41. The van der Waals surface area contributed by atoms with Gasteiger partial charge in [-0.2, -0.15) is 5.10 Å². The van der Waals surface area contributed by atoms with Crippen LogP contribution in [0.3, 0.4) is 0 Å². The average Bonchev–Trinajstić information content (AvgIpc) is 3.14. The normalized spacial score (nSPS) is 20.5. The molecule has 0 spiro atoms. The Bertz CT molecular complexity index is 1040. The average molecular weight is 422 g/mol. The molecule has 134 valence electrons. The number of fused-ring (bicyclic) bond motifs is 3. The van der Waals surface area contributed by atoms with Crippen LogP contribution in [0.15, 0.2) is 76.4 Å². The SMILES string of the molecule is Oc1ccccc1C1=NN2[C@H](C1)c1cc(Br)ccc1O[C@H]2c1ccccn1. The minimum atomic E-state index is -0.409. The Morgan fingerprint density at radius 1 is 1.07 bits per heavy atom. The van der Waals surface area contributed by atoms with Gasteiger partial charge in [-0.05, 0) is 42.5 Å². The third-order valence-corrected chi connectivity index (χ3v) is 5.40. The summed E-state index contributed by atoms with van der Waals surface area (Å²) in [5, 5.41) is 17.1. The van der Waals surface area contributed by atoms with E-state index < -0.39 is 6.23 Å². The van der Waals surface area contributed by atoms with Gasteiger partial charge in [0.2, 0.25) is 6.23 Å². The van der Waals surface area contributed by atoms with Gasteiger partial charge >= 0.3 is 0 Å². The number of hydrazone groups is 1. The Balaban J connectivity index is 1.63. The molecule has 0 aliphatic carbocycles. The van der Waals surface area contributed by atoms with Crippen molar-refractivity contribution in [1.82, 2.24) is 9.99 Å². The molecule has 0 bridgehead atoms. The van der Waals surface area contributed by atoms with Crippen LogP contribution in [0.25, 0.3) is 0 Å². The molecule has 2 aromatic carbocycles. The van der Waals surface area contributed by atoms with Crippen molar-refractivity contribution in [2.24, 2.45) is 5.10 Å². The lowest BCUT2D eigenvalue weighted by molar-refractivity contribution is -0.0218. The van der Waals surface area contributed by atoms with E-state index in [9.17, 15) is 5.11 Å². The van der Waals surface area contributed by atoms with Gasteiger partial charge < -0.3 is 9.84 Å². The van der Waals surface area contributed by atoms with Gasteiger partial charge in [0.25, 0.3) is 0 Å². The number of ether oxygens (including phenoxy) is 1. The van der Waals surface area contributed by atoms with E-state index in [1.807, 2.05) is 53.5 Å². The van der Waals surface area contributed by atoms with Crippen LogP contribution in [-0.4, -0.2) is 20.8 Å². The third kappa shape index (κ3) is 2.77. The molecule has 2 atom stereocenters. The highest BCUT2D eigenvalue weighted by molar-refractivity contribution is 9.10. The molecule has 2 aliphatic rings. The summed E-state index contributed by atoms with van der Waals surface area (Å²) in [5.74, 6) is 1.07. The Labute approximate surface area is 165 Å². The van der Waals surface area contributed by atoms with E-state index in [0.29, 0.717) is 6.42 Å². The van der Waals surface area contributed by atoms with E-state index in [4.69, 9.17) is 9.84 Å². The fourth-order valence-electron chi connectivity index (χ4n) is 3.66. The minimum Gasteiger partial charge on any atom is -0.507 e. The van der Waals surface area contributed by atoms with Crippen LogP contribution in [0.1, 0.15) is 35.5 Å².